The molecule has 1 saturated carbocycles. The van der Waals surface area contributed by atoms with Crippen LogP contribution in [0.2, 0.25) is 0 Å². The van der Waals surface area contributed by atoms with Gasteiger partial charge in [-0.05, 0) is 24.3 Å². The minimum atomic E-state index is -3.23. The van der Waals surface area contributed by atoms with E-state index in [0.717, 1.165) is 22.7 Å². The largest absolute Gasteiger partial charge is 0.257 e. The third-order valence-corrected chi connectivity index (χ3v) is 6.18. The van der Waals surface area contributed by atoms with Crippen molar-refractivity contribution in [2.75, 3.05) is 4.72 Å². The standard InChI is InChI=1S/C9H9N3O2S3/c13-17(14,6-3-4-6)12-9-11-10-8(16-9)7-2-1-5-15-7/h1-2,5-6H,3-4H2,(H,11,12). The maximum atomic E-state index is 11.7. The van der Waals surface area contributed by atoms with Gasteiger partial charge in [-0.25, -0.2) is 8.42 Å². The Kier molecular flexibility index (Phi) is 2.64. The molecule has 3 rings (SSSR count). The lowest BCUT2D eigenvalue weighted by Gasteiger charge is -2.00. The zero-order valence-electron chi connectivity index (χ0n) is 8.66. The van der Waals surface area contributed by atoms with Crippen molar-refractivity contribution in [2.45, 2.75) is 18.1 Å². The number of anilines is 1. The Morgan fingerprint density at radius 3 is 2.82 bits per heavy atom. The number of sulfonamides is 1. The highest BCUT2D eigenvalue weighted by molar-refractivity contribution is 7.93. The van der Waals surface area contributed by atoms with Crippen LogP contribution in [-0.2, 0) is 10.0 Å². The van der Waals surface area contributed by atoms with Crippen molar-refractivity contribution in [3.63, 3.8) is 0 Å². The van der Waals surface area contributed by atoms with Gasteiger partial charge in [-0.2, -0.15) is 0 Å². The lowest BCUT2D eigenvalue weighted by Crippen LogP contribution is -2.17. The molecule has 0 spiro atoms. The highest BCUT2D eigenvalue weighted by Gasteiger charge is 2.36. The molecule has 2 aromatic rings. The lowest BCUT2D eigenvalue weighted by molar-refractivity contribution is 0.600. The Bertz CT molecular complexity index is 614. The van der Waals surface area contributed by atoms with E-state index in [1.807, 2.05) is 17.5 Å². The molecule has 17 heavy (non-hydrogen) atoms. The van der Waals surface area contributed by atoms with Crippen LogP contribution in [0.5, 0.6) is 0 Å². The molecule has 1 aliphatic rings. The highest BCUT2D eigenvalue weighted by Crippen LogP contribution is 2.33. The van der Waals surface area contributed by atoms with Gasteiger partial charge in [0.2, 0.25) is 15.2 Å². The summed E-state index contributed by atoms with van der Waals surface area (Å²) in [5.41, 5.74) is 0. The van der Waals surface area contributed by atoms with E-state index in [1.54, 1.807) is 11.3 Å². The zero-order valence-corrected chi connectivity index (χ0v) is 11.1. The number of nitrogens with zero attached hydrogens (tertiary/aromatic N) is 2. The van der Waals surface area contributed by atoms with Gasteiger partial charge in [0.15, 0.2) is 5.01 Å². The van der Waals surface area contributed by atoms with Gasteiger partial charge in [-0.3, -0.25) is 4.72 Å². The average molecular weight is 287 g/mol. The van der Waals surface area contributed by atoms with Crippen molar-refractivity contribution in [3.05, 3.63) is 17.5 Å². The van der Waals surface area contributed by atoms with Crippen molar-refractivity contribution in [1.82, 2.24) is 10.2 Å². The van der Waals surface area contributed by atoms with Gasteiger partial charge in [-0.15, -0.1) is 21.5 Å². The fourth-order valence-corrected chi connectivity index (χ4v) is 4.46. The van der Waals surface area contributed by atoms with E-state index in [4.69, 9.17) is 0 Å². The predicted octanol–water partition coefficient (Wildman–Crippen LogP) is 2.17. The Morgan fingerprint density at radius 2 is 2.18 bits per heavy atom. The van der Waals surface area contributed by atoms with Gasteiger partial charge in [0.05, 0.1) is 10.1 Å². The second-order valence-corrected chi connectivity index (χ2v) is 7.62. The van der Waals surface area contributed by atoms with Gasteiger partial charge < -0.3 is 0 Å². The average Bonchev–Trinajstić information content (AvgIpc) is 2.84. The lowest BCUT2D eigenvalue weighted by atomic mass is 10.5. The van der Waals surface area contributed by atoms with Crippen LogP contribution in [-0.4, -0.2) is 23.9 Å². The molecule has 8 heteroatoms. The molecule has 90 valence electrons. The number of hydrogen-bond donors (Lipinski definition) is 1. The van der Waals surface area contributed by atoms with E-state index in [-0.39, 0.29) is 5.25 Å². The molecular formula is C9H9N3O2S3. The number of thiophene rings is 1. The molecule has 0 atom stereocenters. The van der Waals surface area contributed by atoms with E-state index in [1.165, 1.54) is 11.3 Å². The van der Waals surface area contributed by atoms with Gasteiger partial charge in [-0.1, -0.05) is 17.4 Å². The quantitative estimate of drug-likeness (QED) is 0.935. The van der Waals surface area contributed by atoms with E-state index >= 15 is 0 Å². The Labute approximate surface area is 107 Å². The van der Waals surface area contributed by atoms with E-state index < -0.39 is 10.0 Å². The molecule has 0 unspecified atom stereocenters. The maximum Gasteiger partial charge on any atom is 0.237 e. The Balaban J connectivity index is 1.81. The molecule has 2 heterocycles. The summed E-state index contributed by atoms with van der Waals surface area (Å²) in [4.78, 5) is 0.999. The first-order chi connectivity index (χ1) is 8.15. The predicted molar refractivity (Wildman–Crippen MR) is 68.8 cm³/mol. The second-order valence-electron chi connectivity index (χ2n) is 3.74. The van der Waals surface area contributed by atoms with Gasteiger partial charge in [0.25, 0.3) is 0 Å². The van der Waals surface area contributed by atoms with Crippen LogP contribution in [0.15, 0.2) is 17.5 Å². The fourth-order valence-electron chi connectivity index (χ4n) is 1.35. The molecule has 0 aromatic carbocycles. The number of hydrogen-bond acceptors (Lipinski definition) is 6. The monoisotopic (exact) mass is 287 g/mol. The minimum absolute atomic E-state index is 0.239. The van der Waals surface area contributed by atoms with Gasteiger partial charge >= 0.3 is 0 Å². The SMILES string of the molecule is O=S(=O)(Nc1nnc(-c2cccs2)s1)C1CC1. The van der Waals surface area contributed by atoms with Crippen LogP contribution >= 0.6 is 22.7 Å². The van der Waals surface area contributed by atoms with Crippen molar-refractivity contribution in [1.29, 1.82) is 0 Å². The summed E-state index contributed by atoms with van der Waals surface area (Å²) in [5.74, 6) is 0. The smallest absolute Gasteiger partial charge is 0.237 e. The van der Waals surface area contributed by atoms with Crippen LogP contribution in [0.4, 0.5) is 5.13 Å². The molecule has 1 aliphatic carbocycles. The second kappa shape index (κ2) is 4.04. The molecule has 0 radical (unpaired) electrons. The molecule has 0 bridgehead atoms. The van der Waals surface area contributed by atoms with Crippen LogP contribution in [0.3, 0.4) is 0 Å². The molecule has 0 saturated heterocycles. The Morgan fingerprint density at radius 1 is 1.35 bits per heavy atom. The highest BCUT2D eigenvalue weighted by atomic mass is 32.2. The van der Waals surface area contributed by atoms with Crippen molar-refractivity contribution in [2.24, 2.45) is 0 Å². The normalized spacial score (nSPS) is 16.0. The summed E-state index contributed by atoms with van der Waals surface area (Å²) in [6, 6.07) is 3.86. The molecule has 1 N–H and O–H groups in total. The minimum Gasteiger partial charge on any atom is -0.257 e. The van der Waals surface area contributed by atoms with Crippen molar-refractivity contribution in [3.8, 4) is 9.88 Å². The summed E-state index contributed by atoms with van der Waals surface area (Å²) in [7, 11) is -3.23. The van der Waals surface area contributed by atoms with Crippen LogP contribution in [0.1, 0.15) is 12.8 Å². The third-order valence-electron chi connectivity index (χ3n) is 2.35. The summed E-state index contributed by atoms with van der Waals surface area (Å²) in [5, 5.41) is 10.6. The van der Waals surface area contributed by atoms with Crippen molar-refractivity contribution >= 4 is 37.8 Å². The van der Waals surface area contributed by atoms with E-state index in [0.29, 0.717) is 5.13 Å². The van der Waals surface area contributed by atoms with Crippen LogP contribution in [0, 0.1) is 0 Å². The zero-order chi connectivity index (χ0) is 11.9. The molecule has 1 fully saturated rings. The van der Waals surface area contributed by atoms with E-state index in [2.05, 4.69) is 14.9 Å². The first kappa shape index (κ1) is 11.1. The van der Waals surface area contributed by atoms with Crippen molar-refractivity contribution < 1.29 is 8.42 Å². The van der Waals surface area contributed by atoms with Gasteiger partial charge in [0, 0.05) is 0 Å². The van der Waals surface area contributed by atoms with Gasteiger partial charge in [0.1, 0.15) is 0 Å². The number of rotatable bonds is 4. The van der Waals surface area contributed by atoms with Crippen LogP contribution < -0.4 is 4.72 Å². The fraction of sp³-hybridized carbons (Fsp3) is 0.333. The molecule has 5 nitrogen and oxygen atoms in total. The third kappa shape index (κ3) is 2.33. The summed E-state index contributed by atoms with van der Waals surface area (Å²) < 4.78 is 25.9. The summed E-state index contributed by atoms with van der Waals surface area (Å²) >= 11 is 2.82. The first-order valence-electron chi connectivity index (χ1n) is 5.04. The first-order valence-corrected chi connectivity index (χ1v) is 8.28. The molecule has 0 amide bonds. The topological polar surface area (TPSA) is 72.0 Å². The molecule has 0 aliphatic heterocycles. The number of nitrogens with one attached hydrogen (secondary N) is 1. The molecular weight excluding hydrogens is 278 g/mol. The Hall–Kier alpha value is -0.990. The summed E-state index contributed by atoms with van der Waals surface area (Å²) in [6.07, 6.45) is 1.48. The van der Waals surface area contributed by atoms with E-state index in [9.17, 15) is 8.42 Å². The summed E-state index contributed by atoms with van der Waals surface area (Å²) in [6.45, 7) is 0. The number of aromatic nitrogens is 2. The maximum absolute atomic E-state index is 11.7. The van der Waals surface area contributed by atoms with Crippen LogP contribution in [0.25, 0.3) is 9.88 Å². The molecule has 2 aromatic heterocycles.